The van der Waals surface area contributed by atoms with Crippen LogP contribution in [-0.2, 0) is 6.54 Å². The van der Waals surface area contributed by atoms with Gasteiger partial charge in [-0.25, -0.2) is 4.99 Å². The first kappa shape index (κ1) is 18.3. The normalized spacial score (nSPS) is 21.2. The fraction of sp³-hybridized carbons (Fsp3) is 0.556. The van der Waals surface area contributed by atoms with Crippen LogP contribution in [-0.4, -0.2) is 42.7 Å². The number of nitrogens with one attached hydrogen (secondary N) is 3. The predicted octanol–water partition coefficient (Wildman–Crippen LogP) is 1.40. The molecule has 0 bridgehead atoms. The van der Waals surface area contributed by atoms with Gasteiger partial charge in [0.25, 0.3) is 5.91 Å². The minimum Gasteiger partial charge on any atom is -0.393 e. The molecular formula is C18H28N4O2. The number of carbonyl (C=O) groups excluding carboxylic acids is 1. The van der Waals surface area contributed by atoms with Crippen molar-refractivity contribution in [3.05, 3.63) is 35.4 Å². The highest BCUT2D eigenvalue weighted by Crippen LogP contribution is 2.18. The highest BCUT2D eigenvalue weighted by atomic mass is 16.3. The molecule has 1 saturated carbocycles. The van der Waals surface area contributed by atoms with E-state index < -0.39 is 0 Å². The molecule has 1 amide bonds. The van der Waals surface area contributed by atoms with Crippen LogP contribution in [0.15, 0.2) is 29.3 Å². The van der Waals surface area contributed by atoms with Crippen molar-refractivity contribution in [2.75, 3.05) is 13.6 Å². The lowest BCUT2D eigenvalue weighted by atomic mass is 9.93. The van der Waals surface area contributed by atoms with E-state index >= 15 is 0 Å². The van der Waals surface area contributed by atoms with E-state index in [1.807, 2.05) is 31.2 Å². The third-order valence-corrected chi connectivity index (χ3v) is 4.24. The Hall–Kier alpha value is -2.08. The van der Waals surface area contributed by atoms with Gasteiger partial charge in [0.15, 0.2) is 5.96 Å². The Morgan fingerprint density at radius 1 is 1.21 bits per heavy atom. The maximum absolute atomic E-state index is 11.5. The number of aliphatic imine (C=N–C) groups is 1. The molecule has 0 aromatic heterocycles. The zero-order chi connectivity index (χ0) is 17.4. The molecule has 0 aliphatic heterocycles. The largest absolute Gasteiger partial charge is 0.393 e. The molecular weight excluding hydrogens is 304 g/mol. The van der Waals surface area contributed by atoms with Crippen LogP contribution in [0.3, 0.4) is 0 Å². The first-order valence-electron chi connectivity index (χ1n) is 8.66. The Morgan fingerprint density at radius 3 is 2.46 bits per heavy atom. The second-order valence-corrected chi connectivity index (χ2v) is 6.12. The number of aliphatic hydroxyl groups excluding tert-OH is 1. The minimum absolute atomic E-state index is 0.0838. The second-order valence-electron chi connectivity index (χ2n) is 6.12. The number of hydrogen-bond donors (Lipinski definition) is 4. The van der Waals surface area contributed by atoms with Crippen LogP contribution in [0, 0.1) is 0 Å². The summed E-state index contributed by atoms with van der Waals surface area (Å²) in [4.78, 5) is 16.2. The Balaban J connectivity index is 1.93. The number of carbonyl (C=O) groups is 1. The fourth-order valence-electron chi connectivity index (χ4n) is 2.81. The van der Waals surface area contributed by atoms with E-state index in [1.54, 1.807) is 7.05 Å². The number of benzene rings is 1. The number of rotatable bonds is 5. The minimum atomic E-state index is -0.151. The van der Waals surface area contributed by atoms with E-state index in [1.165, 1.54) is 0 Å². The van der Waals surface area contributed by atoms with E-state index in [0.717, 1.165) is 43.8 Å². The average Bonchev–Trinajstić information content (AvgIpc) is 2.61. The van der Waals surface area contributed by atoms with Crippen molar-refractivity contribution >= 4 is 11.9 Å². The summed E-state index contributed by atoms with van der Waals surface area (Å²) >= 11 is 0. The molecule has 6 nitrogen and oxygen atoms in total. The number of amides is 1. The lowest BCUT2D eigenvalue weighted by molar-refractivity contribution is 0.0963. The molecule has 1 aliphatic rings. The number of aliphatic hydroxyl groups is 1. The average molecular weight is 332 g/mol. The van der Waals surface area contributed by atoms with E-state index in [2.05, 4.69) is 20.9 Å². The Bertz CT molecular complexity index is 549. The van der Waals surface area contributed by atoms with Crippen molar-refractivity contribution in [1.82, 2.24) is 16.0 Å². The molecule has 6 heteroatoms. The molecule has 1 aliphatic carbocycles. The van der Waals surface area contributed by atoms with Gasteiger partial charge in [0.05, 0.1) is 12.6 Å². The quantitative estimate of drug-likeness (QED) is 0.485. The lowest BCUT2D eigenvalue weighted by Crippen LogP contribution is -2.45. The third kappa shape index (κ3) is 5.53. The smallest absolute Gasteiger partial charge is 0.251 e. The molecule has 24 heavy (non-hydrogen) atoms. The monoisotopic (exact) mass is 332 g/mol. The molecule has 1 fully saturated rings. The molecule has 0 spiro atoms. The predicted molar refractivity (Wildman–Crippen MR) is 96.0 cm³/mol. The lowest BCUT2D eigenvalue weighted by Gasteiger charge is -2.27. The maximum atomic E-state index is 11.5. The summed E-state index contributed by atoms with van der Waals surface area (Å²) in [6.45, 7) is 3.40. The van der Waals surface area contributed by atoms with E-state index in [0.29, 0.717) is 18.2 Å². The highest BCUT2D eigenvalue weighted by molar-refractivity contribution is 5.93. The topological polar surface area (TPSA) is 85.8 Å². The molecule has 0 unspecified atom stereocenters. The van der Waals surface area contributed by atoms with Crippen LogP contribution >= 0.6 is 0 Å². The van der Waals surface area contributed by atoms with Gasteiger partial charge in [-0.3, -0.25) is 4.79 Å². The van der Waals surface area contributed by atoms with Gasteiger partial charge in [-0.2, -0.15) is 0 Å². The standard InChI is InChI=1S/C18H28N4O2/c1-3-20-18(22-15-8-10-16(23)11-9-15)21-12-13-4-6-14(7-5-13)17(24)19-2/h4-7,15-16,23H,3,8-12H2,1-2H3,(H,19,24)(H2,20,21,22). The van der Waals surface area contributed by atoms with Crippen molar-refractivity contribution in [3.63, 3.8) is 0 Å². The van der Waals surface area contributed by atoms with Crippen molar-refractivity contribution in [3.8, 4) is 0 Å². The molecule has 1 aromatic rings. The number of guanidine groups is 1. The zero-order valence-corrected chi connectivity index (χ0v) is 14.5. The summed E-state index contributed by atoms with van der Waals surface area (Å²) in [5, 5.41) is 18.9. The van der Waals surface area contributed by atoms with Gasteiger partial charge < -0.3 is 21.1 Å². The molecule has 0 saturated heterocycles. The van der Waals surface area contributed by atoms with Gasteiger partial charge in [-0.05, 0) is 50.3 Å². The summed E-state index contributed by atoms with van der Waals surface area (Å²) in [5.41, 5.74) is 1.70. The second kappa shape index (κ2) is 9.27. The van der Waals surface area contributed by atoms with Gasteiger partial charge in [-0.15, -0.1) is 0 Å². The Kier molecular flexibility index (Phi) is 7.06. The molecule has 0 heterocycles. The van der Waals surface area contributed by atoms with Crippen LogP contribution in [0.1, 0.15) is 48.5 Å². The summed E-state index contributed by atoms with van der Waals surface area (Å²) in [6, 6.07) is 7.84. The molecule has 4 N–H and O–H groups in total. The van der Waals surface area contributed by atoms with Crippen molar-refractivity contribution < 1.29 is 9.90 Å². The number of hydrogen-bond acceptors (Lipinski definition) is 3. The first-order valence-corrected chi connectivity index (χ1v) is 8.66. The van der Waals surface area contributed by atoms with Crippen molar-refractivity contribution in [2.45, 2.75) is 51.3 Å². The van der Waals surface area contributed by atoms with Gasteiger partial charge in [-0.1, -0.05) is 12.1 Å². The Labute approximate surface area is 143 Å². The molecule has 0 atom stereocenters. The van der Waals surface area contributed by atoms with E-state index in [4.69, 9.17) is 0 Å². The van der Waals surface area contributed by atoms with Crippen LogP contribution in [0.2, 0.25) is 0 Å². The van der Waals surface area contributed by atoms with Gasteiger partial charge >= 0.3 is 0 Å². The molecule has 1 aromatic carbocycles. The Morgan fingerprint density at radius 2 is 1.88 bits per heavy atom. The summed E-state index contributed by atoms with van der Waals surface area (Å²) in [7, 11) is 1.62. The summed E-state index contributed by atoms with van der Waals surface area (Å²) in [6.07, 6.45) is 3.47. The van der Waals surface area contributed by atoms with Gasteiger partial charge in [0.2, 0.25) is 0 Å². The highest BCUT2D eigenvalue weighted by Gasteiger charge is 2.19. The molecule has 2 rings (SSSR count). The van der Waals surface area contributed by atoms with Crippen molar-refractivity contribution in [1.29, 1.82) is 0 Å². The van der Waals surface area contributed by atoms with E-state index in [-0.39, 0.29) is 12.0 Å². The zero-order valence-electron chi connectivity index (χ0n) is 14.5. The van der Waals surface area contributed by atoms with Crippen LogP contribution < -0.4 is 16.0 Å². The summed E-state index contributed by atoms with van der Waals surface area (Å²) < 4.78 is 0. The fourth-order valence-corrected chi connectivity index (χ4v) is 2.81. The maximum Gasteiger partial charge on any atom is 0.251 e. The van der Waals surface area contributed by atoms with Crippen LogP contribution in [0.25, 0.3) is 0 Å². The molecule has 0 radical (unpaired) electrons. The number of nitrogens with zero attached hydrogens (tertiary/aromatic N) is 1. The summed E-state index contributed by atoms with van der Waals surface area (Å²) in [5.74, 6) is 0.716. The van der Waals surface area contributed by atoms with Crippen LogP contribution in [0.4, 0.5) is 0 Å². The van der Waals surface area contributed by atoms with Gasteiger partial charge in [0, 0.05) is 25.2 Å². The van der Waals surface area contributed by atoms with Crippen LogP contribution in [0.5, 0.6) is 0 Å². The van der Waals surface area contributed by atoms with E-state index in [9.17, 15) is 9.90 Å². The van der Waals surface area contributed by atoms with Crippen molar-refractivity contribution in [2.24, 2.45) is 4.99 Å². The van der Waals surface area contributed by atoms with Gasteiger partial charge in [0.1, 0.15) is 0 Å². The third-order valence-electron chi connectivity index (χ3n) is 4.24. The first-order chi connectivity index (χ1) is 11.6. The molecule has 132 valence electrons. The SMILES string of the molecule is CCNC(=NCc1ccc(C(=O)NC)cc1)NC1CCC(O)CC1.